The Kier molecular flexibility index (Phi) is 4.08. The third kappa shape index (κ3) is 3.15. The Labute approximate surface area is 118 Å². The summed E-state index contributed by atoms with van der Waals surface area (Å²) < 4.78 is 43.6. The zero-order chi connectivity index (χ0) is 14.9. The molecule has 2 rings (SSSR count). The third-order valence-corrected chi connectivity index (χ3v) is 3.12. The van der Waals surface area contributed by atoms with E-state index in [9.17, 15) is 13.2 Å². The van der Waals surface area contributed by atoms with Gasteiger partial charge in [0.1, 0.15) is 0 Å². The molecule has 0 bridgehead atoms. The Morgan fingerprint density at radius 3 is 2.40 bits per heavy atom. The van der Waals surface area contributed by atoms with Crippen LogP contribution in [-0.2, 0) is 6.18 Å². The molecule has 0 saturated heterocycles. The van der Waals surface area contributed by atoms with Gasteiger partial charge in [0.05, 0.1) is 22.7 Å². The minimum absolute atomic E-state index is 0.126. The highest BCUT2D eigenvalue weighted by molar-refractivity contribution is 7.98. The number of halogens is 3. The van der Waals surface area contributed by atoms with Crippen LogP contribution in [0.15, 0.2) is 23.2 Å². The highest BCUT2D eigenvalue weighted by atomic mass is 32.2. The summed E-state index contributed by atoms with van der Waals surface area (Å²) >= 11 is 1.34. The zero-order valence-corrected chi connectivity index (χ0v) is 12.0. The van der Waals surface area contributed by atoms with E-state index in [4.69, 9.17) is 4.74 Å². The van der Waals surface area contributed by atoms with Crippen LogP contribution in [0.1, 0.15) is 19.4 Å². The summed E-state index contributed by atoms with van der Waals surface area (Å²) in [6.07, 6.45) is -2.71. The Morgan fingerprint density at radius 2 is 1.85 bits per heavy atom. The molecular weight excluding hydrogens is 289 g/mol. The lowest BCUT2D eigenvalue weighted by atomic mass is 10.2. The number of benzene rings is 1. The van der Waals surface area contributed by atoms with Crippen LogP contribution in [0, 0.1) is 0 Å². The molecule has 0 atom stereocenters. The molecule has 0 saturated carbocycles. The molecule has 1 aromatic carbocycles. The summed E-state index contributed by atoms with van der Waals surface area (Å²) in [5.41, 5.74) is -0.154. The molecular formula is C13H13F3N2OS. The second-order valence-corrected chi connectivity index (χ2v) is 5.20. The molecule has 108 valence electrons. The van der Waals surface area contributed by atoms with Crippen LogP contribution in [0.4, 0.5) is 13.2 Å². The molecule has 1 aromatic heterocycles. The van der Waals surface area contributed by atoms with Gasteiger partial charge in [-0.2, -0.15) is 13.2 Å². The number of thioether (sulfide) groups is 1. The van der Waals surface area contributed by atoms with Gasteiger partial charge in [-0.1, -0.05) is 0 Å². The van der Waals surface area contributed by atoms with Gasteiger partial charge in [0.15, 0.2) is 5.03 Å². The first-order valence-corrected chi connectivity index (χ1v) is 7.13. The SMILES string of the molecule is CSc1nc2ccc(C(F)(F)F)cc2nc1OC(C)C. The largest absolute Gasteiger partial charge is 0.473 e. The fourth-order valence-corrected chi connectivity index (χ4v) is 2.09. The Bertz CT molecular complexity index is 629. The minimum Gasteiger partial charge on any atom is -0.473 e. The van der Waals surface area contributed by atoms with Crippen molar-refractivity contribution in [2.24, 2.45) is 0 Å². The Morgan fingerprint density at radius 1 is 1.15 bits per heavy atom. The van der Waals surface area contributed by atoms with Gasteiger partial charge in [0.2, 0.25) is 5.88 Å². The highest BCUT2D eigenvalue weighted by Crippen LogP contribution is 2.32. The topological polar surface area (TPSA) is 35.0 Å². The molecule has 0 fully saturated rings. The van der Waals surface area contributed by atoms with Crippen molar-refractivity contribution in [1.29, 1.82) is 0 Å². The van der Waals surface area contributed by atoms with Crippen LogP contribution in [0.3, 0.4) is 0 Å². The van der Waals surface area contributed by atoms with E-state index in [2.05, 4.69) is 9.97 Å². The third-order valence-electron chi connectivity index (χ3n) is 2.47. The molecule has 0 unspecified atom stereocenters. The second kappa shape index (κ2) is 5.47. The van der Waals surface area contributed by atoms with Crippen LogP contribution >= 0.6 is 11.8 Å². The molecule has 0 aliphatic heterocycles. The molecule has 0 aliphatic carbocycles. The first kappa shape index (κ1) is 14.9. The Hall–Kier alpha value is -1.50. The van der Waals surface area contributed by atoms with Crippen molar-refractivity contribution in [3.63, 3.8) is 0 Å². The maximum absolute atomic E-state index is 12.7. The van der Waals surface area contributed by atoms with Crippen molar-refractivity contribution in [3.05, 3.63) is 23.8 Å². The van der Waals surface area contributed by atoms with Crippen LogP contribution in [0.25, 0.3) is 11.0 Å². The quantitative estimate of drug-likeness (QED) is 0.798. The van der Waals surface area contributed by atoms with Crippen molar-refractivity contribution >= 4 is 22.8 Å². The molecule has 3 nitrogen and oxygen atoms in total. The smallest absolute Gasteiger partial charge is 0.416 e. The maximum atomic E-state index is 12.7. The number of hydrogen-bond acceptors (Lipinski definition) is 4. The molecule has 7 heteroatoms. The van der Waals surface area contributed by atoms with Gasteiger partial charge in [0.25, 0.3) is 0 Å². The average Bonchev–Trinajstić information content (AvgIpc) is 2.35. The van der Waals surface area contributed by atoms with E-state index in [-0.39, 0.29) is 17.5 Å². The fourth-order valence-electron chi connectivity index (χ4n) is 1.63. The number of hydrogen-bond donors (Lipinski definition) is 0. The van der Waals surface area contributed by atoms with Crippen molar-refractivity contribution < 1.29 is 17.9 Å². The molecule has 0 aliphatic rings. The lowest BCUT2D eigenvalue weighted by Gasteiger charge is -2.13. The minimum atomic E-state index is -4.40. The van der Waals surface area contributed by atoms with Gasteiger partial charge in [-0.25, -0.2) is 9.97 Å². The summed E-state index contributed by atoms with van der Waals surface area (Å²) in [5, 5.41) is 0.561. The zero-order valence-electron chi connectivity index (χ0n) is 11.2. The average molecular weight is 302 g/mol. The van der Waals surface area contributed by atoms with E-state index in [1.165, 1.54) is 17.8 Å². The predicted octanol–water partition coefficient (Wildman–Crippen LogP) is 4.16. The van der Waals surface area contributed by atoms with Gasteiger partial charge >= 0.3 is 6.18 Å². The summed E-state index contributed by atoms with van der Waals surface area (Å²) in [4.78, 5) is 8.43. The van der Waals surface area contributed by atoms with Crippen molar-refractivity contribution in [3.8, 4) is 5.88 Å². The first-order chi connectivity index (χ1) is 9.31. The van der Waals surface area contributed by atoms with Crippen LogP contribution in [-0.4, -0.2) is 22.3 Å². The monoisotopic (exact) mass is 302 g/mol. The molecule has 20 heavy (non-hydrogen) atoms. The van der Waals surface area contributed by atoms with E-state index in [0.717, 1.165) is 12.1 Å². The van der Waals surface area contributed by atoms with E-state index in [0.29, 0.717) is 10.5 Å². The maximum Gasteiger partial charge on any atom is 0.416 e. The van der Waals surface area contributed by atoms with Gasteiger partial charge < -0.3 is 4.74 Å². The number of ether oxygens (including phenoxy) is 1. The summed E-state index contributed by atoms with van der Waals surface area (Å²) in [7, 11) is 0. The number of rotatable bonds is 3. The summed E-state index contributed by atoms with van der Waals surface area (Å²) in [6, 6.07) is 3.31. The van der Waals surface area contributed by atoms with Gasteiger partial charge in [0, 0.05) is 0 Å². The molecule has 0 radical (unpaired) electrons. The second-order valence-electron chi connectivity index (χ2n) is 4.41. The van der Waals surface area contributed by atoms with Crippen molar-refractivity contribution in [2.75, 3.05) is 6.26 Å². The number of nitrogens with zero attached hydrogens (tertiary/aromatic N) is 2. The molecule has 0 amide bonds. The molecule has 1 heterocycles. The van der Waals surface area contributed by atoms with E-state index in [1.807, 2.05) is 20.1 Å². The molecule has 0 N–H and O–H groups in total. The highest BCUT2D eigenvalue weighted by Gasteiger charge is 2.30. The Balaban J connectivity index is 2.57. The van der Waals surface area contributed by atoms with Crippen LogP contribution in [0.2, 0.25) is 0 Å². The van der Waals surface area contributed by atoms with Crippen LogP contribution < -0.4 is 4.74 Å². The van der Waals surface area contributed by atoms with Gasteiger partial charge in [-0.15, -0.1) is 11.8 Å². The summed E-state index contributed by atoms with van der Waals surface area (Å²) in [5.74, 6) is 0.263. The first-order valence-electron chi connectivity index (χ1n) is 5.91. The van der Waals surface area contributed by atoms with Crippen LogP contribution in [0.5, 0.6) is 5.88 Å². The molecule has 2 aromatic rings. The molecule has 0 spiro atoms. The van der Waals surface area contributed by atoms with E-state index >= 15 is 0 Å². The number of aromatic nitrogens is 2. The standard InChI is InChI=1S/C13H13F3N2OS/c1-7(2)19-11-12(20-3)18-9-5-4-8(13(14,15)16)6-10(9)17-11/h4-7H,1-3H3. The number of fused-ring (bicyclic) bond motifs is 1. The van der Waals surface area contributed by atoms with Gasteiger partial charge in [-0.05, 0) is 38.3 Å². The van der Waals surface area contributed by atoms with E-state index in [1.54, 1.807) is 0 Å². The predicted molar refractivity (Wildman–Crippen MR) is 72.1 cm³/mol. The lowest BCUT2D eigenvalue weighted by Crippen LogP contribution is -2.09. The van der Waals surface area contributed by atoms with E-state index < -0.39 is 11.7 Å². The lowest BCUT2D eigenvalue weighted by molar-refractivity contribution is -0.137. The number of alkyl halides is 3. The van der Waals surface area contributed by atoms with Crippen molar-refractivity contribution in [2.45, 2.75) is 31.2 Å². The fraction of sp³-hybridized carbons (Fsp3) is 0.385. The van der Waals surface area contributed by atoms with Crippen molar-refractivity contribution in [1.82, 2.24) is 9.97 Å². The van der Waals surface area contributed by atoms with Gasteiger partial charge in [-0.3, -0.25) is 0 Å². The normalized spacial score (nSPS) is 12.2. The summed E-state index contributed by atoms with van der Waals surface area (Å²) in [6.45, 7) is 3.64.